The number of dihydropyridines is 1. The third kappa shape index (κ3) is 10.5. The zero-order valence-electron chi connectivity index (χ0n) is 27.1. The Hall–Kier alpha value is -4.94. The maximum Gasteiger partial charge on any atom is 0.431 e. The molecule has 1 heterocycles. The van der Waals surface area contributed by atoms with Gasteiger partial charge in [-0.25, -0.2) is 9.59 Å². The molecule has 0 radical (unpaired) electrons. The second-order valence-electron chi connectivity index (χ2n) is 10.5. The van der Waals surface area contributed by atoms with Crippen LogP contribution in [-0.4, -0.2) is 79.2 Å². The summed E-state index contributed by atoms with van der Waals surface area (Å²) < 4.78 is 63.7. The average Bonchev–Trinajstić information content (AvgIpc) is 3.05. The van der Waals surface area contributed by atoms with Gasteiger partial charge in [-0.15, -0.1) is 12.4 Å². The number of nitrogens with one attached hydrogen (secondary N) is 2. The number of hydrogen-bond donors (Lipinski definition) is 3. The number of aliphatic hydroxyl groups excluding tert-OH is 1. The minimum Gasteiger partial charge on any atom is -0.493 e. The van der Waals surface area contributed by atoms with Crippen molar-refractivity contribution in [3.63, 3.8) is 0 Å². The summed E-state index contributed by atoms with van der Waals surface area (Å²) in [4.78, 5) is 47.4. The van der Waals surface area contributed by atoms with Crippen LogP contribution < -0.4 is 20.1 Å². The zero-order valence-corrected chi connectivity index (χ0v) is 27.9. The molecule has 0 aliphatic carbocycles. The van der Waals surface area contributed by atoms with E-state index >= 15 is 0 Å². The molecule has 274 valence electrons. The number of rotatable bonds is 17. The summed E-state index contributed by atoms with van der Waals surface area (Å²) in [6.07, 6.45) is -5.26. The van der Waals surface area contributed by atoms with Crippen LogP contribution in [0.15, 0.2) is 65.0 Å². The third-order valence-electron chi connectivity index (χ3n) is 7.14. The van der Waals surface area contributed by atoms with Crippen molar-refractivity contribution in [2.45, 2.75) is 44.9 Å². The molecule has 2 aromatic rings. The van der Waals surface area contributed by atoms with Crippen molar-refractivity contribution in [1.29, 1.82) is 0 Å². The normalized spacial score (nSPS) is 15.0. The van der Waals surface area contributed by atoms with Crippen molar-refractivity contribution in [1.82, 2.24) is 10.6 Å². The topological polar surface area (TPSA) is 202 Å². The van der Waals surface area contributed by atoms with Crippen LogP contribution in [0.25, 0.3) is 0 Å². The molecule has 0 saturated heterocycles. The van der Waals surface area contributed by atoms with Crippen LogP contribution >= 0.6 is 12.4 Å². The average molecular weight is 733 g/mol. The molecular weight excluding hydrogens is 697 g/mol. The lowest BCUT2D eigenvalue weighted by molar-refractivity contribution is -0.385. The number of non-ortho nitro benzene ring substituents is 1. The maximum atomic E-state index is 14.2. The highest BCUT2D eigenvalue weighted by Gasteiger charge is 2.48. The standard InChI is InChI=1S/C31H35F3N4O11.ClH/c1-4-47-30(41)25-18(2)36-28(31(32,33)34)27(29(40)46-3)26(25)21-15-19(37(42)43)11-12-23(21)48-14-8-7-13-35-16-20(39)17-49-24-10-6-5-9-22(24)38(44)45;/h5-6,9-12,15,20,26,35-36,39H,4,7-8,13-14,16-17H2,1-3H3;1H. The Kier molecular flexibility index (Phi) is 15.4. The molecule has 15 nitrogen and oxygen atoms in total. The number of halogens is 4. The van der Waals surface area contributed by atoms with Crippen LogP contribution in [0.3, 0.4) is 0 Å². The predicted octanol–water partition coefficient (Wildman–Crippen LogP) is 4.63. The van der Waals surface area contributed by atoms with Gasteiger partial charge in [-0.05, 0) is 45.4 Å². The van der Waals surface area contributed by atoms with Crippen LogP contribution in [0.5, 0.6) is 11.5 Å². The van der Waals surface area contributed by atoms with Crippen LogP contribution in [-0.2, 0) is 19.1 Å². The molecule has 0 fully saturated rings. The van der Waals surface area contributed by atoms with Crippen LogP contribution in [0.4, 0.5) is 24.5 Å². The first kappa shape index (κ1) is 41.2. The van der Waals surface area contributed by atoms with Gasteiger partial charge in [0.2, 0.25) is 0 Å². The van der Waals surface area contributed by atoms with Gasteiger partial charge in [-0.1, -0.05) is 12.1 Å². The number of benzene rings is 2. The fourth-order valence-electron chi connectivity index (χ4n) is 4.96. The lowest BCUT2D eigenvalue weighted by Crippen LogP contribution is -2.38. The fourth-order valence-corrected chi connectivity index (χ4v) is 4.96. The molecule has 2 unspecified atom stereocenters. The number of nitro benzene ring substituents is 2. The number of hydrogen-bond acceptors (Lipinski definition) is 13. The molecule has 0 aromatic heterocycles. The van der Waals surface area contributed by atoms with E-state index in [1.807, 2.05) is 0 Å². The minimum absolute atomic E-state index is 0. The summed E-state index contributed by atoms with van der Waals surface area (Å²) in [6.45, 7) is 2.74. The number of carbonyl (C=O) groups excluding carboxylic acids is 2. The monoisotopic (exact) mass is 732 g/mol. The Morgan fingerprint density at radius 1 is 1.02 bits per heavy atom. The largest absolute Gasteiger partial charge is 0.493 e. The molecule has 2 aromatic carbocycles. The summed E-state index contributed by atoms with van der Waals surface area (Å²) in [5.41, 5.74) is -4.24. The van der Waals surface area contributed by atoms with Gasteiger partial charge in [0.15, 0.2) is 5.75 Å². The second-order valence-corrected chi connectivity index (χ2v) is 10.5. The number of carbonyl (C=O) groups is 2. The highest BCUT2D eigenvalue weighted by molar-refractivity contribution is 6.00. The number of alkyl halides is 3. The predicted molar refractivity (Wildman–Crippen MR) is 173 cm³/mol. The van der Waals surface area contributed by atoms with Crippen LogP contribution in [0, 0.1) is 20.2 Å². The van der Waals surface area contributed by atoms with E-state index in [0.29, 0.717) is 19.4 Å². The van der Waals surface area contributed by atoms with Gasteiger partial charge in [0.05, 0.1) is 47.2 Å². The Labute approximate surface area is 290 Å². The van der Waals surface area contributed by atoms with E-state index in [1.165, 1.54) is 38.1 Å². The number of nitrogens with zero attached hydrogens (tertiary/aromatic N) is 2. The second kappa shape index (κ2) is 18.7. The van der Waals surface area contributed by atoms with E-state index < -0.39 is 62.5 Å². The smallest absolute Gasteiger partial charge is 0.431 e. The minimum atomic E-state index is -5.11. The molecule has 0 bridgehead atoms. The van der Waals surface area contributed by atoms with E-state index in [-0.39, 0.29) is 67.2 Å². The molecule has 3 rings (SSSR count). The SMILES string of the molecule is CCOC(=O)C1=C(C)NC(C(F)(F)F)=C(C(=O)OC)C1c1cc([N+](=O)[O-])ccc1OCCCCNCC(O)COc1ccccc1[N+](=O)[O-].Cl. The molecule has 0 spiro atoms. The first-order valence-corrected chi connectivity index (χ1v) is 14.9. The number of aliphatic hydroxyl groups is 1. The van der Waals surface area contributed by atoms with Crippen molar-refractivity contribution in [3.05, 3.63) is 90.8 Å². The Bertz CT molecular complexity index is 1620. The summed E-state index contributed by atoms with van der Waals surface area (Å²) in [6, 6.07) is 8.91. The van der Waals surface area contributed by atoms with Gasteiger partial charge in [0, 0.05) is 36.0 Å². The summed E-state index contributed by atoms with van der Waals surface area (Å²) >= 11 is 0. The summed E-state index contributed by atoms with van der Waals surface area (Å²) in [5, 5.41) is 38.1. The van der Waals surface area contributed by atoms with Crippen molar-refractivity contribution in [3.8, 4) is 11.5 Å². The van der Waals surface area contributed by atoms with Crippen molar-refractivity contribution >= 4 is 35.7 Å². The summed E-state index contributed by atoms with van der Waals surface area (Å²) in [5.74, 6) is -4.41. The van der Waals surface area contributed by atoms with E-state index in [1.54, 1.807) is 6.07 Å². The number of nitro groups is 2. The highest BCUT2D eigenvalue weighted by atomic mass is 35.5. The van der Waals surface area contributed by atoms with Gasteiger partial charge >= 0.3 is 23.8 Å². The van der Waals surface area contributed by atoms with Gasteiger partial charge in [-0.2, -0.15) is 13.2 Å². The number of para-hydroxylation sites is 2. The van der Waals surface area contributed by atoms with Crippen LogP contribution in [0.1, 0.15) is 38.2 Å². The van der Waals surface area contributed by atoms with Crippen molar-refractivity contribution in [2.24, 2.45) is 0 Å². The van der Waals surface area contributed by atoms with Gasteiger partial charge < -0.3 is 34.7 Å². The quantitative estimate of drug-likeness (QED) is 0.0881. The highest BCUT2D eigenvalue weighted by Crippen LogP contribution is 2.46. The lowest BCUT2D eigenvalue weighted by atomic mass is 9.79. The number of methoxy groups -OCH3 is 1. The van der Waals surface area contributed by atoms with E-state index in [0.717, 1.165) is 19.2 Å². The molecule has 2 atom stereocenters. The first-order chi connectivity index (χ1) is 23.2. The molecular formula is C31H36ClF3N4O11. The Morgan fingerprint density at radius 2 is 1.72 bits per heavy atom. The summed E-state index contributed by atoms with van der Waals surface area (Å²) in [7, 11) is 0.857. The Balaban J connectivity index is 0.00000867. The Morgan fingerprint density at radius 3 is 2.34 bits per heavy atom. The zero-order chi connectivity index (χ0) is 36.3. The third-order valence-corrected chi connectivity index (χ3v) is 7.14. The van der Waals surface area contributed by atoms with Crippen molar-refractivity contribution < 1.29 is 56.7 Å². The van der Waals surface area contributed by atoms with Gasteiger partial charge in [0.25, 0.3) is 5.69 Å². The van der Waals surface area contributed by atoms with E-state index in [4.69, 9.17) is 14.2 Å². The van der Waals surface area contributed by atoms with Crippen LogP contribution in [0.2, 0.25) is 0 Å². The lowest BCUT2D eigenvalue weighted by Gasteiger charge is -2.32. The molecule has 0 amide bonds. The molecule has 19 heteroatoms. The molecule has 1 aliphatic rings. The molecule has 0 saturated carbocycles. The van der Waals surface area contributed by atoms with Gasteiger partial charge in [0.1, 0.15) is 24.2 Å². The fraction of sp³-hybridized carbons (Fsp3) is 0.419. The number of ether oxygens (including phenoxy) is 4. The molecule has 50 heavy (non-hydrogen) atoms. The van der Waals surface area contributed by atoms with Crippen molar-refractivity contribution in [2.75, 3.05) is 40.0 Å². The maximum absolute atomic E-state index is 14.2. The van der Waals surface area contributed by atoms with E-state index in [9.17, 15) is 48.1 Å². The molecule has 3 N–H and O–H groups in total. The number of esters is 2. The van der Waals surface area contributed by atoms with E-state index in [2.05, 4.69) is 15.4 Å². The molecule has 1 aliphatic heterocycles. The van der Waals surface area contributed by atoms with Gasteiger partial charge in [-0.3, -0.25) is 20.2 Å². The number of allylic oxidation sites excluding steroid dienone is 2. The first-order valence-electron chi connectivity index (χ1n) is 14.9. The number of unbranched alkanes of at least 4 members (excludes halogenated alkanes) is 1.